The van der Waals surface area contributed by atoms with Gasteiger partial charge in [-0.25, -0.2) is 0 Å². The minimum absolute atomic E-state index is 0.0335. The van der Waals surface area contributed by atoms with Crippen LogP contribution in [0, 0.1) is 16.0 Å². The number of nitrogens with one attached hydrogen (secondary N) is 2. The van der Waals surface area contributed by atoms with Gasteiger partial charge in [0.1, 0.15) is 0 Å². The number of para-hydroxylation sites is 1. The molecule has 1 aromatic heterocycles. The average Bonchev–Trinajstić information content (AvgIpc) is 3.28. The fourth-order valence-electron chi connectivity index (χ4n) is 3.72. The first-order valence-electron chi connectivity index (χ1n) is 11.7. The van der Waals surface area contributed by atoms with Crippen molar-refractivity contribution < 1.29 is 14.5 Å². The SMILES string of the molecule is CCc1ccccc1NC(=O)CSc1nnc([C@H](NC(=O)c2cccc([N+](=O)[O-])c2)C(C)C)n1CC. The summed E-state index contributed by atoms with van der Waals surface area (Å²) in [7, 11) is 0. The Morgan fingerprint density at radius 3 is 2.53 bits per heavy atom. The molecule has 2 aromatic carbocycles. The molecule has 2 amide bonds. The maximum Gasteiger partial charge on any atom is 0.270 e. The van der Waals surface area contributed by atoms with Crippen LogP contribution in [0.4, 0.5) is 11.4 Å². The Balaban J connectivity index is 1.73. The van der Waals surface area contributed by atoms with Gasteiger partial charge >= 0.3 is 0 Å². The highest BCUT2D eigenvalue weighted by atomic mass is 32.2. The zero-order valence-corrected chi connectivity index (χ0v) is 21.5. The number of nitrogens with zero attached hydrogens (tertiary/aromatic N) is 4. The van der Waals surface area contributed by atoms with E-state index in [0.717, 1.165) is 17.7 Å². The number of hydrogen-bond acceptors (Lipinski definition) is 7. The number of aryl methyl sites for hydroxylation is 1. The molecule has 0 fully saturated rings. The summed E-state index contributed by atoms with van der Waals surface area (Å²) in [6.07, 6.45) is 0.815. The van der Waals surface area contributed by atoms with Crippen molar-refractivity contribution in [2.24, 2.45) is 5.92 Å². The third-order valence-electron chi connectivity index (χ3n) is 5.62. The topological polar surface area (TPSA) is 132 Å². The second-order valence-electron chi connectivity index (χ2n) is 8.44. The van der Waals surface area contributed by atoms with Crippen molar-refractivity contribution in [2.75, 3.05) is 11.1 Å². The summed E-state index contributed by atoms with van der Waals surface area (Å²) in [5.41, 5.74) is 1.90. The van der Waals surface area contributed by atoms with E-state index in [1.54, 1.807) is 0 Å². The molecule has 1 heterocycles. The third kappa shape index (κ3) is 6.48. The van der Waals surface area contributed by atoms with E-state index in [9.17, 15) is 19.7 Å². The lowest BCUT2D eigenvalue weighted by molar-refractivity contribution is -0.384. The molecule has 0 aliphatic heterocycles. The van der Waals surface area contributed by atoms with E-state index in [4.69, 9.17) is 0 Å². The van der Waals surface area contributed by atoms with E-state index in [-0.39, 0.29) is 28.8 Å². The van der Waals surface area contributed by atoms with E-state index in [2.05, 4.69) is 20.8 Å². The number of thioether (sulfide) groups is 1. The maximum atomic E-state index is 12.9. The van der Waals surface area contributed by atoms with Gasteiger partial charge in [0, 0.05) is 29.9 Å². The van der Waals surface area contributed by atoms with Gasteiger partial charge in [-0.15, -0.1) is 10.2 Å². The molecule has 2 N–H and O–H groups in total. The highest BCUT2D eigenvalue weighted by Gasteiger charge is 2.26. The minimum Gasteiger partial charge on any atom is -0.342 e. The van der Waals surface area contributed by atoms with Crippen LogP contribution in [0.25, 0.3) is 0 Å². The molecule has 36 heavy (non-hydrogen) atoms. The number of non-ortho nitro benzene ring substituents is 1. The molecule has 0 aliphatic carbocycles. The second kappa shape index (κ2) is 12.3. The predicted molar refractivity (Wildman–Crippen MR) is 139 cm³/mol. The summed E-state index contributed by atoms with van der Waals surface area (Å²) in [6.45, 7) is 8.40. The number of carbonyl (C=O) groups is 2. The zero-order chi connectivity index (χ0) is 26.2. The lowest BCUT2D eigenvalue weighted by atomic mass is 10.0. The Labute approximate surface area is 214 Å². The second-order valence-corrected chi connectivity index (χ2v) is 9.38. The Hall–Kier alpha value is -3.73. The molecule has 0 saturated heterocycles. The van der Waals surface area contributed by atoms with E-state index in [1.165, 1.54) is 36.0 Å². The summed E-state index contributed by atoms with van der Waals surface area (Å²) < 4.78 is 1.87. The van der Waals surface area contributed by atoms with Gasteiger partial charge < -0.3 is 15.2 Å². The van der Waals surface area contributed by atoms with E-state index < -0.39 is 16.9 Å². The molecule has 3 aromatic rings. The first-order chi connectivity index (χ1) is 17.2. The first kappa shape index (κ1) is 26.9. The quantitative estimate of drug-likeness (QED) is 0.218. The summed E-state index contributed by atoms with van der Waals surface area (Å²) >= 11 is 1.27. The van der Waals surface area contributed by atoms with Gasteiger partial charge in [0.25, 0.3) is 11.6 Å². The molecule has 0 aliphatic rings. The molecule has 3 rings (SSSR count). The lowest BCUT2D eigenvalue weighted by Crippen LogP contribution is -2.33. The first-order valence-corrected chi connectivity index (χ1v) is 12.7. The monoisotopic (exact) mass is 510 g/mol. The summed E-state index contributed by atoms with van der Waals surface area (Å²) in [4.78, 5) is 36.0. The Kier molecular flexibility index (Phi) is 9.18. The molecular formula is C25H30N6O4S. The van der Waals surface area contributed by atoms with Crippen LogP contribution in [0.15, 0.2) is 53.7 Å². The van der Waals surface area contributed by atoms with Crippen molar-refractivity contribution in [1.82, 2.24) is 20.1 Å². The number of anilines is 1. The van der Waals surface area contributed by atoms with Gasteiger partial charge in [-0.2, -0.15) is 0 Å². The van der Waals surface area contributed by atoms with E-state index >= 15 is 0 Å². The third-order valence-corrected chi connectivity index (χ3v) is 6.58. The lowest BCUT2D eigenvalue weighted by Gasteiger charge is -2.22. The van der Waals surface area contributed by atoms with Crippen LogP contribution in [-0.2, 0) is 17.8 Å². The van der Waals surface area contributed by atoms with Crippen molar-refractivity contribution in [1.29, 1.82) is 0 Å². The van der Waals surface area contributed by atoms with Crippen LogP contribution < -0.4 is 10.6 Å². The zero-order valence-electron chi connectivity index (χ0n) is 20.7. The molecule has 0 saturated carbocycles. The van der Waals surface area contributed by atoms with Crippen LogP contribution in [0.5, 0.6) is 0 Å². The molecule has 190 valence electrons. The van der Waals surface area contributed by atoms with Gasteiger partial charge in [0.15, 0.2) is 11.0 Å². The number of nitro benzene ring substituents is 1. The predicted octanol–water partition coefficient (Wildman–Crippen LogP) is 4.63. The average molecular weight is 511 g/mol. The number of hydrogen-bond donors (Lipinski definition) is 2. The highest BCUT2D eigenvalue weighted by molar-refractivity contribution is 7.99. The normalized spacial score (nSPS) is 11.8. The molecule has 0 bridgehead atoms. The van der Waals surface area contributed by atoms with Crippen molar-refractivity contribution in [3.63, 3.8) is 0 Å². The van der Waals surface area contributed by atoms with Gasteiger partial charge in [-0.1, -0.05) is 56.8 Å². The summed E-state index contributed by atoms with van der Waals surface area (Å²) in [6, 6.07) is 12.8. The highest BCUT2D eigenvalue weighted by Crippen LogP contribution is 2.26. The molecule has 0 unspecified atom stereocenters. The van der Waals surface area contributed by atoms with Crippen LogP contribution in [0.2, 0.25) is 0 Å². The minimum atomic E-state index is -0.537. The van der Waals surface area contributed by atoms with Crippen molar-refractivity contribution in [3.05, 3.63) is 75.6 Å². The fraction of sp³-hybridized carbons (Fsp3) is 0.360. The number of rotatable bonds is 11. The molecular weight excluding hydrogens is 480 g/mol. The number of carbonyl (C=O) groups excluding carboxylic acids is 2. The van der Waals surface area contributed by atoms with Crippen LogP contribution in [0.1, 0.15) is 55.5 Å². The molecule has 11 heteroatoms. The number of amides is 2. The molecule has 0 spiro atoms. The Bertz CT molecular complexity index is 1240. The van der Waals surface area contributed by atoms with Gasteiger partial charge in [-0.05, 0) is 37.0 Å². The maximum absolute atomic E-state index is 12.9. The van der Waals surface area contributed by atoms with Gasteiger partial charge in [0.2, 0.25) is 5.91 Å². The summed E-state index contributed by atoms with van der Waals surface area (Å²) in [5.74, 6) is 0.0980. The Morgan fingerprint density at radius 1 is 1.11 bits per heavy atom. The Morgan fingerprint density at radius 2 is 1.86 bits per heavy atom. The molecule has 0 radical (unpaired) electrons. The largest absolute Gasteiger partial charge is 0.342 e. The fourth-order valence-corrected chi connectivity index (χ4v) is 4.53. The van der Waals surface area contributed by atoms with Crippen LogP contribution in [0.3, 0.4) is 0 Å². The number of benzene rings is 2. The van der Waals surface area contributed by atoms with Crippen molar-refractivity contribution in [2.45, 2.75) is 51.9 Å². The van der Waals surface area contributed by atoms with Crippen LogP contribution in [-0.4, -0.2) is 37.3 Å². The number of aromatic nitrogens is 3. The van der Waals surface area contributed by atoms with Gasteiger partial charge in [0.05, 0.1) is 16.7 Å². The molecule has 10 nitrogen and oxygen atoms in total. The van der Waals surface area contributed by atoms with E-state index in [0.29, 0.717) is 17.5 Å². The standard InChI is InChI=1S/C25H30N6O4S/c1-5-17-10-7-8-13-20(17)26-21(32)15-36-25-29-28-23(30(25)6-2)22(16(3)4)27-24(33)18-11-9-12-19(14-18)31(34)35/h7-14,16,22H,5-6,15H2,1-4H3,(H,26,32)(H,27,33)/t22-/m1/s1. The summed E-state index contributed by atoms with van der Waals surface area (Å²) in [5, 5.41) is 26.1. The van der Waals surface area contributed by atoms with Crippen LogP contribution >= 0.6 is 11.8 Å². The van der Waals surface area contributed by atoms with Crippen molar-refractivity contribution in [3.8, 4) is 0 Å². The van der Waals surface area contributed by atoms with E-state index in [1.807, 2.05) is 56.5 Å². The number of nitro groups is 1. The smallest absolute Gasteiger partial charge is 0.270 e. The van der Waals surface area contributed by atoms with Gasteiger partial charge in [-0.3, -0.25) is 19.7 Å². The molecule has 1 atom stereocenters. The van der Waals surface area contributed by atoms with Crippen molar-refractivity contribution >= 4 is 35.0 Å².